The molecule has 0 spiro atoms. The second-order valence-electron chi connectivity index (χ2n) is 6.77. The summed E-state index contributed by atoms with van der Waals surface area (Å²) >= 11 is 0. The molecule has 1 aliphatic rings. The van der Waals surface area contributed by atoms with Gasteiger partial charge in [-0.05, 0) is 38.5 Å². The quantitative estimate of drug-likeness (QED) is 0.618. The average Bonchev–Trinajstić information content (AvgIpc) is 2.32. The summed E-state index contributed by atoms with van der Waals surface area (Å²) in [5.74, 6) is 0.0134. The van der Waals surface area contributed by atoms with Crippen LogP contribution in [-0.4, -0.2) is 22.8 Å². The van der Waals surface area contributed by atoms with Crippen molar-refractivity contribution in [2.75, 3.05) is 0 Å². The summed E-state index contributed by atoms with van der Waals surface area (Å²) in [7, 11) is 0. The van der Waals surface area contributed by atoms with Gasteiger partial charge in [0, 0.05) is 12.3 Å². The van der Waals surface area contributed by atoms with Crippen LogP contribution in [0.2, 0.25) is 0 Å². The van der Waals surface area contributed by atoms with Crippen LogP contribution in [0, 0.1) is 11.3 Å². The Hall–Kier alpha value is -1.09. The molecule has 3 heteroatoms. The Balaban J connectivity index is 2.82. The Morgan fingerprint density at radius 1 is 1.60 bits per heavy atom. The minimum atomic E-state index is -0.856. The molecule has 1 rings (SSSR count). The molecule has 1 fully saturated rings. The first-order chi connectivity index (χ1) is 9.10. The van der Waals surface area contributed by atoms with Crippen molar-refractivity contribution in [2.24, 2.45) is 11.3 Å². The van der Waals surface area contributed by atoms with E-state index in [1.54, 1.807) is 13.0 Å². The van der Waals surface area contributed by atoms with E-state index in [1.165, 1.54) is 12.5 Å². The van der Waals surface area contributed by atoms with Gasteiger partial charge < -0.3 is 9.84 Å². The van der Waals surface area contributed by atoms with Gasteiger partial charge in [-0.2, -0.15) is 0 Å². The van der Waals surface area contributed by atoms with E-state index in [4.69, 9.17) is 4.74 Å². The molecule has 1 N–H and O–H groups in total. The van der Waals surface area contributed by atoms with Crippen molar-refractivity contribution in [1.82, 2.24) is 0 Å². The van der Waals surface area contributed by atoms with Gasteiger partial charge in [-0.25, -0.2) is 0 Å². The van der Waals surface area contributed by atoms with Gasteiger partial charge in [0.05, 0.1) is 5.60 Å². The summed E-state index contributed by atoms with van der Waals surface area (Å²) in [6, 6.07) is 0. The summed E-state index contributed by atoms with van der Waals surface area (Å²) in [4.78, 5) is 11.3. The van der Waals surface area contributed by atoms with E-state index in [0.717, 1.165) is 19.3 Å². The lowest BCUT2D eigenvalue weighted by Gasteiger charge is -2.46. The number of esters is 1. The summed E-state index contributed by atoms with van der Waals surface area (Å²) < 4.78 is 5.48. The maximum Gasteiger partial charge on any atom is 0.302 e. The van der Waals surface area contributed by atoms with E-state index in [2.05, 4.69) is 27.0 Å². The molecular formula is C17H28O3. The topological polar surface area (TPSA) is 46.5 Å². The monoisotopic (exact) mass is 280 g/mol. The molecule has 0 radical (unpaired) electrons. The lowest BCUT2D eigenvalue weighted by atomic mass is 9.63. The van der Waals surface area contributed by atoms with Crippen LogP contribution in [0.5, 0.6) is 0 Å². The lowest BCUT2D eigenvalue weighted by molar-refractivity contribution is -0.157. The van der Waals surface area contributed by atoms with Crippen LogP contribution in [0.15, 0.2) is 24.8 Å². The summed E-state index contributed by atoms with van der Waals surface area (Å²) in [5, 5.41) is 10.1. The van der Waals surface area contributed by atoms with Crippen molar-refractivity contribution in [3.63, 3.8) is 0 Å². The normalized spacial score (nSPS) is 28.6. The fourth-order valence-electron chi connectivity index (χ4n) is 3.14. The molecule has 0 aromatic heterocycles. The predicted molar refractivity (Wildman–Crippen MR) is 81.3 cm³/mol. The minimum absolute atomic E-state index is 0.0795. The third-order valence-electron chi connectivity index (χ3n) is 4.64. The highest BCUT2D eigenvalue weighted by molar-refractivity contribution is 5.66. The number of hydrogen-bond acceptors (Lipinski definition) is 3. The van der Waals surface area contributed by atoms with Crippen molar-refractivity contribution in [3.8, 4) is 0 Å². The van der Waals surface area contributed by atoms with Crippen LogP contribution < -0.4 is 0 Å². The van der Waals surface area contributed by atoms with Crippen LogP contribution in [0.25, 0.3) is 0 Å². The van der Waals surface area contributed by atoms with Crippen LogP contribution in [-0.2, 0) is 9.53 Å². The molecule has 0 heterocycles. The molecule has 0 amide bonds. The van der Waals surface area contributed by atoms with Crippen molar-refractivity contribution >= 4 is 5.97 Å². The highest BCUT2D eigenvalue weighted by Crippen LogP contribution is 2.47. The van der Waals surface area contributed by atoms with Gasteiger partial charge in [-0.1, -0.05) is 32.1 Å². The van der Waals surface area contributed by atoms with Crippen LogP contribution in [0.4, 0.5) is 0 Å². The molecule has 0 aromatic rings. The highest BCUT2D eigenvalue weighted by Gasteiger charge is 2.44. The Kier molecular flexibility index (Phi) is 5.20. The molecule has 0 saturated heterocycles. The second kappa shape index (κ2) is 6.13. The summed E-state index contributed by atoms with van der Waals surface area (Å²) in [5.41, 5.74) is 0.182. The van der Waals surface area contributed by atoms with E-state index in [9.17, 15) is 9.90 Å². The first-order valence-electron chi connectivity index (χ1n) is 7.31. The number of carbonyl (C=O) groups excluding carboxylic acids is 1. The number of allylic oxidation sites excluding steroid dienone is 1. The van der Waals surface area contributed by atoms with Gasteiger partial charge in [0.2, 0.25) is 0 Å². The Morgan fingerprint density at radius 3 is 2.70 bits per heavy atom. The number of hydrogen-bond donors (Lipinski definition) is 1. The molecule has 0 aromatic carbocycles. The zero-order chi connectivity index (χ0) is 15.6. The maximum atomic E-state index is 11.3. The van der Waals surface area contributed by atoms with Gasteiger partial charge >= 0.3 is 5.97 Å². The largest absolute Gasteiger partial charge is 0.462 e. The molecule has 1 saturated carbocycles. The second-order valence-corrected chi connectivity index (χ2v) is 6.77. The van der Waals surface area contributed by atoms with E-state index < -0.39 is 5.60 Å². The van der Waals surface area contributed by atoms with Crippen molar-refractivity contribution in [3.05, 3.63) is 24.8 Å². The van der Waals surface area contributed by atoms with E-state index in [1.807, 2.05) is 0 Å². The SMILES string of the molecule is C=C[C@](C)(O)CC[C@@H]1C(=C)CC[C@H](OC(C)=O)C1(C)C. The fraction of sp³-hybridized carbons (Fsp3) is 0.706. The van der Waals surface area contributed by atoms with Crippen LogP contribution in [0.3, 0.4) is 0 Å². The minimum Gasteiger partial charge on any atom is -0.462 e. The van der Waals surface area contributed by atoms with E-state index in [0.29, 0.717) is 6.42 Å². The molecular weight excluding hydrogens is 252 g/mol. The molecule has 0 bridgehead atoms. The Morgan fingerprint density at radius 2 is 2.20 bits per heavy atom. The molecule has 20 heavy (non-hydrogen) atoms. The molecule has 0 aliphatic heterocycles. The number of carbonyl (C=O) groups is 1. The summed E-state index contributed by atoms with van der Waals surface area (Å²) in [6.45, 7) is 15.3. The van der Waals surface area contributed by atoms with Gasteiger partial charge in [0.25, 0.3) is 0 Å². The summed E-state index contributed by atoms with van der Waals surface area (Å²) in [6.07, 6.45) is 4.67. The third kappa shape index (κ3) is 3.95. The van der Waals surface area contributed by atoms with Crippen molar-refractivity contribution in [2.45, 2.75) is 65.1 Å². The zero-order valence-electron chi connectivity index (χ0n) is 13.2. The molecule has 3 atom stereocenters. The van der Waals surface area contributed by atoms with Gasteiger partial charge in [-0.3, -0.25) is 4.79 Å². The average molecular weight is 280 g/mol. The predicted octanol–water partition coefficient (Wildman–Crippen LogP) is 3.63. The molecule has 114 valence electrons. The number of rotatable bonds is 5. The van der Waals surface area contributed by atoms with Crippen molar-refractivity contribution < 1.29 is 14.6 Å². The first-order valence-corrected chi connectivity index (χ1v) is 7.31. The van der Waals surface area contributed by atoms with E-state index >= 15 is 0 Å². The van der Waals surface area contributed by atoms with E-state index in [-0.39, 0.29) is 23.4 Å². The first kappa shape index (κ1) is 17.0. The standard InChI is InChI=1S/C17H28O3/c1-7-17(6,19)11-10-14-12(2)8-9-15(16(14,4)5)20-13(3)18/h7,14-15,19H,1-2,8-11H2,3-6H3/t14-,15+,17+/m1/s1. The highest BCUT2D eigenvalue weighted by atomic mass is 16.5. The van der Waals surface area contributed by atoms with Gasteiger partial charge in [0.15, 0.2) is 0 Å². The Bertz CT molecular complexity index is 393. The van der Waals surface area contributed by atoms with Crippen LogP contribution in [0.1, 0.15) is 53.4 Å². The Labute approximate surface area is 122 Å². The molecule has 1 aliphatic carbocycles. The maximum absolute atomic E-state index is 11.3. The number of ether oxygens (including phenoxy) is 1. The third-order valence-corrected chi connectivity index (χ3v) is 4.64. The van der Waals surface area contributed by atoms with Gasteiger partial charge in [-0.15, -0.1) is 6.58 Å². The van der Waals surface area contributed by atoms with Gasteiger partial charge in [0.1, 0.15) is 6.10 Å². The zero-order valence-corrected chi connectivity index (χ0v) is 13.2. The fourth-order valence-corrected chi connectivity index (χ4v) is 3.14. The molecule has 0 unspecified atom stereocenters. The smallest absolute Gasteiger partial charge is 0.302 e. The molecule has 3 nitrogen and oxygen atoms in total. The van der Waals surface area contributed by atoms with Crippen molar-refractivity contribution in [1.29, 1.82) is 0 Å². The van der Waals surface area contributed by atoms with Crippen LogP contribution >= 0.6 is 0 Å². The lowest BCUT2D eigenvalue weighted by Crippen LogP contribution is -2.44. The number of aliphatic hydroxyl groups is 1.